The Kier molecular flexibility index (Phi) is 4.65. The van der Waals surface area contributed by atoms with E-state index in [4.69, 9.17) is 0 Å². The average Bonchev–Trinajstić information content (AvgIpc) is 2.68. The molecule has 1 aliphatic rings. The first-order valence-electron chi connectivity index (χ1n) is 9.28. The Bertz CT molecular complexity index is 1120. The molecule has 28 heavy (non-hydrogen) atoms. The fourth-order valence-electron chi connectivity index (χ4n) is 3.65. The zero-order valence-electron chi connectivity index (χ0n) is 15.5. The van der Waals surface area contributed by atoms with Crippen LogP contribution in [0.5, 0.6) is 0 Å². The summed E-state index contributed by atoms with van der Waals surface area (Å²) in [5, 5.41) is 2.83. The van der Waals surface area contributed by atoms with Crippen molar-refractivity contribution in [3.8, 4) is 11.1 Å². The summed E-state index contributed by atoms with van der Waals surface area (Å²) in [4.78, 5) is 40.4. The van der Waals surface area contributed by atoms with Crippen LogP contribution in [-0.4, -0.2) is 16.7 Å². The van der Waals surface area contributed by atoms with Gasteiger partial charge in [-0.2, -0.15) is 0 Å². The van der Waals surface area contributed by atoms with E-state index in [1.807, 2.05) is 55.5 Å². The SMILES string of the molecule is CC1CC(=O)c2cc(C(=O)Nc3ccccc3-c3ccccc3)c(=O)[nH]c2C1. The number of Topliss-reactive ketones (excluding diaryl/α,β-unsaturated/α-hetero) is 1. The summed E-state index contributed by atoms with van der Waals surface area (Å²) in [5.74, 6) is -0.379. The van der Waals surface area contributed by atoms with Crippen LogP contribution in [0, 0.1) is 5.92 Å². The van der Waals surface area contributed by atoms with Crippen LogP contribution in [0.3, 0.4) is 0 Å². The van der Waals surface area contributed by atoms with Crippen molar-refractivity contribution in [1.29, 1.82) is 0 Å². The molecule has 3 aromatic rings. The van der Waals surface area contributed by atoms with Crippen LogP contribution in [0.1, 0.15) is 39.8 Å². The molecule has 2 N–H and O–H groups in total. The van der Waals surface area contributed by atoms with Crippen molar-refractivity contribution in [2.24, 2.45) is 5.92 Å². The summed E-state index contributed by atoms with van der Waals surface area (Å²) in [6.45, 7) is 1.97. The maximum atomic E-state index is 12.8. The second-order valence-electron chi connectivity index (χ2n) is 7.21. The van der Waals surface area contributed by atoms with E-state index in [0.29, 0.717) is 29.8 Å². The van der Waals surface area contributed by atoms with Crippen LogP contribution in [-0.2, 0) is 6.42 Å². The van der Waals surface area contributed by atoms with E-state index in [2.05, 4.69) is 10.3 Å². The molecule has 1 aliphatic carbocycles. The van der Waals surface area contributed by atoms with E-state index < -0.39 is 11.5 Å². The molecule has 0 saturated heterocycles. The van der Waals surface area contributed by atoms with Gasteiger partial charge in [-0.25, -0.2) is 0 Å². The Balaban J connectivity index is 1.69. The first-order chi connectivity index (χ1) is 13.5. The van der Waals surface area contributed by atoms with Gasteiger partial charge in [-0.15, -0.1) is 0 Å². The number of H-pyrrole nitrogens is 1. The summed E-state index contributed by atoms with van der Waals surface area (Å²) in [6.07, 6.45) is 1.06. The van der Waals surface area contributed by atoms with Gasteiger partial charge in [-0.3, -0.25) is 14.4 Å². The molecule has 0 aliphatic heterocycles. The van der Waals surface area contributed by atoms with E-state index in [1.54, 1.807) is 6.07 Å². The van der Waals surface area contributed by atoms with E-state index in [9.17, 15) is 14.4 Å². The number of hydrogen-bond donors (Lipinski definition) is 2. The molecule has 1 heterocycles. The molecule has 0 radical (unpaired) electrons. The maximum absolute atomic E-state index is 12.8. The number of rotatable bonds is 3. The Labute approximate surface area is 162 Å². The van der Waals surface area contributed by atoms with Gasteiger partial charge in [0, 0.05) is 28.9 Å². The highest BCUT2D eigenvalue weighted by Crippen LogP contribution is 2.28. The monoisotopic (exact) mass is 372 g/mol. The molecule has 1 atom stereocenters. The first-order valence-corrected chi connectivity index (χ1v) is 9.28. The predicted molar refractivity (Wildman–Crippen MR) is 109 cm³/mol. The third kappa shape index (κ3) is 3.39. The van der Waals surface area contributed by atoms with E-state index in [1.165, 1.54) is 6.07 Å². The molecule has 0 saturated carbocycles. The summed E-state index contributed by atoms with van der Waals surface area (Å²) >= 11 is 0. The van der Waals surface area contributed by atoms with Gasteiger partial charge < -0.3 is 10.3 Å². The molecule has 5 heteroatoms. The normalized spacial score (nSPS) is 15.8. The lowest BCUT2D eigenvalue weighted by Gasteiger charge is -2.20. The summed E-state index contributed by atoms with van der Waals surface area (Å²) in [7, 11) is 0. The molecular formula is C23H20N2O3. The van der Waals surface area contributed by atoms with Crippen molar-refractivity contribution in [3.05, 3.63) is 87.8 Å². The number of carbonyl (C=O) groups excluding carboxylic acids is 2. The van der Waals surface area contributed by atoms with Gasteiger partial charge in [0.25, 0.3) is 11.5 Å². The van der Waals surface area contributed by atoms with Crippen molar-refractivity contribution in [1.82, 2.24) is 4.98 Å². The zero-order valence-corrected chi connectivity index (χ0v) is 15.5. The number of amides is 1. The summed E-state index contributed by atoms with van der Waals surface area (Å²) in [5.41, 5.74) is 2.96. The Hall–Kier alpha value is -3.47. The number of para-hydroxylation sites is 1. The standard InChI is InChI=1S/C23H20N2O3/c1-14-11-20-17(21(26)12-14)13-18(23(28)25-20)22(27)24-19-10-6-5-9-16(19)15-7-3-2-4-8-15/h2-10,13-14H,11-12H2,1H3,(H,24,27)(H,25,28). The van der Waals surface area contributed by atoms with Gasteiger partial charge in [-0.05, 0) is 30.0 Å². The Morgan fingerprint density at radius 2 is 1.68 bits per heavy atom. The lowest BCUT2D eigenvalue weighted by atomic mass is 9.86. The maximum Gasteiger partial charge on any atom is 0.261 e. The number of anilines is 1. The van der Waals surface area contributed by atoms with Gasteiger partial charge in [-0.1, -0.05) is 55.5 Å². The number of aromatic amines is 1. The Morgan fingerprint density at radius 3 is 2.46 bits per heavy atom. The van der Waals surface area contributed by atoms with Crippen molar-refractivity contribution in [2.75, 3.05) is 5.32 Å². The van der Waals surface area contributed by atoms with Gasteiger partial charge in [0.1, 0.15) is 5.56 Å². The predicted octanol–water partition coefficient (Wildman–Crippen LogP) is 4.06. The number of nitrogens with one attached hydrogen (secondary N) is 2. The van der Waals surface area contributed by atoms with Crippen LogP contribution in [0.25, 0.3) is 11.1 Å². The number of carbonyl (C=O) groups is 2. The lowest BCUT2D eigenvalue weighted by molar-refractivity contribution is 0.0952. The molecule has 1 aromatic heterocycles. The summed E-state index contributed by atoms with van der Waals surface area (Å²) in [6, 6.07) is 18.5. The van der Waals surface area contributed by atoms with Crippen molar-refractivity contribution < 1.29 is 9.59 Å². The van der Waals surface area contributed by atoms with Gasteiger partial charge in [0.2, 0.25) is 0 Å². The first kappa shape index (κ1) is 17.9. The molecule has 2 aromatic carbocycles. The molecule has 0 spiro atoms. The van der Waals surface area contributed by atoms with E-state index in [0.717, 1.165) is 11.1 Å². The van der Waals surface area contributed by atoms with Crippen molar-refractivity contribution in [2.45, 2.75) is 19.8 Å². The van der Waals surface area contributed by atoms with Crippen LogP contribution in [0.2, 0.25) is 0 Å². The van der Waals surface area contributed by atoms with Crippen LogP contribution < -0.4 is 10.9 Å². The Morgan fingerprint density at radius 1 is 0.964 bits per heavy atom. The van der Waals surface area contributed by atoms with Crippen LogP contribution in [0.4, 0.5) is 5.69 Å². The molecule has 1 unspecified atom stereocenters. The highest BCUT2D eigenvalue weighted by Gasteiger charge is 2.26. The van der Waals surface area contributed by atoms with Crippen LogP contribution in [0.15, 0.2) is 65.5 Å². The van der Waals surface area contributed by atoms with E-state index >= 15 is 0 Å². The minimum Gasteiger partial charge on any atom is -0.325 e. The minimum absolute atomic E-state index is 0.0382. The largest absolute Gasteiger partial charge is 0.325 e. The van der Waals surface area contributed by atoms with Crippen molar-refractivity contribution >= 4 is 17.4 Å². The molecule has 140 valence electrons. The second kappa shape index (κ2) is 7.27. The number of hydrogen-bond acceptors (Lipinski definition) is 3. The van der Waals surface area contributed by atoms with Gasteiger partial charge in [0.05, 0.1) is 0 Å². The molecule has 1 amide bonds. The fraction of sp³-hybridized carbons (Fsp3) is 0.174. The fourth-order valence-corrected chi connectivity index (χ4v) is 3.65. The second-order valence-corrected chi connectivity index (χ2v) is 7.21. The quantitative estimate of drug-likeness (QED) is 0.728. The van der Waals surface area contributed by atoms with Crippen molar-refractivity contribution in [3.63, 3.8) is 0 Å². The number of benzene rings is 2. The molecule has 0 fully saturated rings. The lowest BCUT2D eigenvalue weighted by Crippen LogP contribution is -2.29. The molecule has 4 rings (SSSR count). The topological polar surface area (TPSA) is 79.0 Å². The molecular weight excluding hydrogens is 352 g/mol. The third-order valence-corrected chi connectivity index (χ3v) is 5.01. The molecule has 0 bridgehead atoms. The smallest absolute Gasteiger partial charge is 0.261 e. The van der Waals surface area contributed by atoms with Crippen LogP contribution >= 0.6 is 0 Å². The van der Waals surface area contributed by atoms with E-state index in [-0.39, 0.29) is 17.3 Å². The molecule has 5 nitrogen and oxygen atoms in total. The third-order valence-electron chi connectivity index (χ3n) is 5.01. The number of aromatic nitrogens is 1. The van der Waals surface area contributed by atoms with Gasteiger partial charge >= 0.3 is 0 Å². The summed E-state index contributed by atoms with van der Waals surface area (Å²) < 4.78 is 0. The highest BCUT2D eigenvalue weighted by molar-refractivity contribution is 6.08. The highest BCUT2D eigenvalue weighted by atomic mass is 16.2. The zero-order chi connectivity index (χ0) is 19.7. The number of pyridine rings is 1. The number of fused-ring (bicyclic) bond motifs is 1. The average molecular weight is 372 g/mol. The minimum atomic E-state index is -0.529. The number of ketones is 1. The van der Waals surface area contributed by atoms with Gasteiger partial charge in [0.15, 0.2) is 5.78 Å².